The Balaban J connectivity index is 1.50. The second kappa shape index (κ2) is 7.17. The summed E-state index contributed by atoms with van der Waals surface area (Å²) in [5.74, 6) is -0.948. The molecule has 134 valence electrons. The molecule has 1 amide bonds. The number of carbonyl (C=O) groups excluding carboxylic acids is 1. The number of nitrogens with one attached hydrogen (secondary N) is 1. The van der Waals surface area contributed by atoms with Crippen LogP contribution in [0.15, 0.2) is 66.7 Å². The van der Waals surface area contributed by atoms with E-state index < -0.39 is 11.7 Å². The van der Waals surface area contributed by atoms with Gasteiger partial charge in [-0.05, 0) is 48.0 Å². The van der Waals surface area contributed by atoms with Gasteiger partial charge in [-0.3, -0.25) is 4.79 Å². The summed E-state index contributed by atoms with van der Waals surface area (Å²) in [7, 11) is 0. The van der Waals surface area contributed by atoms with Gasteiger partial charge in [0.2, 0.25) is 0 Å². The Morgan fingerprint density at radius 1 is 1.07 bits per heavy atom. The van der Waals surface area contributed by atoms with Crippen molar-refractivity contribution in [3.8, 4) is 0 Å². The number of rotatable bonds is 4. The van der Waals surface area contributed by atoms with Crippen LogP contribution >= 0.6 is 11.6 Å². The van der Waals surface area contributed by atoms with Gasteiger partial charge in [-0.1, -0.05) is 41.1 Å². The highest BCUT2D eigenvalue weighted by Gasteiger charge is 2.10. The van der Waals surface area contributed by atoms with E-state index in [2.05, 4.69) is 15.6 Å². The number of para-hydroxylation sites is 1. The number of amides is 1. The van der Waals surface area contributed by atoms with Gasteiger partial charge >= 0.3 is 0 Å². The first kappa shape index (κ1) is 17.2. The topological polar surface area (TPSA) is 59.8 Å². The summed E-state index contributed by atoms with van der Waals surface area (Å²) in [6, 6.07) is 18.8. The Bertz CT molecular complexity index is 1120. The van der Waals surface area contributed by atoms with Crippen molar-refractivity contribution in [3.63, 3.8) is 0 Å². The average Bonchev–Trinajstić information content (AvgIpc) is 3.08. The van der Waals surface area contributed by atoms with Crippen molar-refractivity contribution in [1.82, 2.24) is 15.0 Å². The Labute approximate surface area is 159 Å². The molecule has 0 aliphatic carbocycles. The first-order valence-corrected chi connectivity index (χ1v) is 8.61. The normalized spacial score (nSPS) is 10.9. The Morgan fingerprint density at radius 3 is 2.67 bits per heavy atom. The van der Waals surface area contributed by atoms with Crippen LogP contribution in [0.25, 0.3) is 11.0 Å². The number of aromatic nitrogens is 3. The van der Waals surface area contributed by atoms with E-state index in [1.54, 1.807) is 16.8 Å². The fourth-order valence-corrected chi connectivity index (χ4v) is 2.93. The molecule has 1 N–H and O–H groups in total. The molecule has 0 fully saturated rings. The fraction of sp³-hybridized carbons (Fsp3) is 0.0500. The van der Waals surface area contributed by atoms with Crippen molar-refractivity contribution in [1.29, 1.82) is 0 Å². The summed E-state index contributed by atoms with van der Waals surface area (Å²) in [6.45, 7) is 0.533. The Kier molecular flexibility index (Phi) is 4.56. The second-order valence-electron chi connectivity index (χ2n) is 6.01. The average molecular weight is 381 g/mol. The molecule has 0 bridgehead atoms. The van der Waals surface area contributed by atoms with Crippen molar-refractivity contribution >= 4 is 34.2 Å². The molecule has 0 aliphatic heterocycles. The van der Waals surface area contributed by atoms with Crippen LogP contribution in [0.2, 0.25) is 5.02 Å². The predicted octanol–water partition coefficient (Wildman–Crippen LogP) is 4.52. The highest BCUT2D eigenvalue weighted by molar-refractivity contribution is 6.31. The first-order chi connectivity index (χ1) is 13.1. The maximum absolute atomic E-state index is 13.8. The van der Waals surface area contributed by atoms with Crippen LogP contribution in [-0.4, -0.2) is 20.9 Å². The van der Waals surface area contributed by atoms with Gasteiger partial charge in [0.1, 0.15) is 11.3 Å². The zero-order valence-electron chi connectivity index (χ0n) is 14.1. The molecule has 0 spiro atoms. The number of anilines is 1. The van der Waals surface area contributed by atoms with Gasteiger partial charge in [0.25, 0.3) is 5.91 Å². The molecule has 0 aliphatic rings. The lowest BCUT2D eigenvalue weighted by Gasteiger charge is -2.08. The van der Waals surface area contributed by atoms with E-state index in [9.17, 15) is 9.18 Å². The number of fused-ring (bicyclic) bond motifs is 1. The molecule has 0 saturated heterocycles. The summed E-state index contributed by atoms with van der Waals surface area (Å²) >= 11 is 5.84. The third-order valence-corrected chi connectivity index (χ3v) is 4.38. The van der Waals surface area contributed by atoms with E-state index in [0.717, 1.165) is 16.6 Å². The van der Waals surface area contributed by atoms with Crippen molar-refractivity contribution in [3.05, 3.63) is 88.7 Å². The zero-order chi connectivity index (χ0) is 18.8. The molecule has 27 heavy (non-hydrogen) atoms. The van der Waals surface area contributed by atoms with Crippen LogP contribution < -0.4 is 5.32 Å². The van der Waals surface area contributed by atoms with Crippen LogP contribution in [0, 0.1) is 5.82 Å². The molecule has 4 rings (SSSR count). The number of nitrogens with zero attached hydrogens (tertiary/aromatic N) is 3. The third-order valence-electron chi connectivity index (χ3n) is 4.15. The summed E-state index contributed by atoms with van der Waals surface area (Å²) in [5, 5.41) is 11.2. The highest BCUT2D eigenvalue weighted by Crippen LogP contribution is 2.20. The SMILES string of the molecule is O=C(Nc1cc(Cl)ccc1F)c1ccc(Cn2nnc3ccccc32)cc1. The molecule has 0 saturated carbocycles. The van der Waals surface area contributed by atoms with Crippen LogP contribution in [0.1, 0.15) is 15.9 Å². The lowest BCUT2D eigenvalue weighted by atomic mass is 10.1. The summed E-state index contributed by atoms with van der Waals surface area (Å²) in [4.78, 5) is 12.3. The quantitative estimate of drug-likeness (QED) is 0.566. The monoisotopic (exact) mass is 380 g/mol. The molecular weight excluding hydrogens is 367 g/mol. The summed E-state index contributed by atoms with van der Waals surface area (Å²) in [6.07, 6.45) is 0. The minimum absolute atomic E-state index is 0.0469. The van der Waals surface area contributed by atoms with Crippen LogP contribution in [0.3, 0.4) is 0 Å². The lowest BCUT2D eigenvalue weighted by Crippen LogP contribution is -2.13. The van der Waals surface area contributed by atoms with Crippen molar-refractivity contribution in [2.24, 2.45) is 0 Å². The maximum atomic E-state index is 13.8. The van der Waals surface area contributed by atoms with Gasteiger partial charge in [0.05, 0.1) is 17.7 Å². The molecule has 5 nitrogen and oxygen atoms in total. The summed E-state index contributed by atoms with van der Waals surface area (Å²) < 4.78 is 15.6. The highest BCUT2D eigenvalue weighted by atomic mass is 35.5. The van der Waals surface area contributed by atoms with E-state index in [-0.39, 0.29) is 5.69 Å². The van der Waals surface area contributed by atoms with E-state index in [1.165, 1.54) is 18.2 Å². The number of carbonyl (C=O) groups is 1. The van der Waals surface area contributed by atoms with Gasteiger partial charge in [0, 0.05) is 10.6 Å². The number of hydrogen-bond acceptors (Lipinski definition) is 3. The Morgan fingerprint density at radius 2 is 1.85 bits per heavy atom. The number of halogens is 2. The molecular formula is C20H14ClFN4O. The largest absolute Gasteiger partial charge is 0.319 e. The van der Waals surface area contributed by atoms with Crippen LogP contribution in [0.4, 0.5) is 10.1 Å². The molecule has 0 unspecified atom stereocenters. The summed E-state index contributed by atoms with van der Waals surface area (Å²) in [5.41, 5.74) is 3.20. The molecule has 0 radical (unpaired) electrons. The van der Waals surface area contributed by atoms with E-state index in [4.69, 9.17) is 11.6 Å². The maximum Gasteiger partial charge on any atom is 0.255 e. The third kappa shape index (κ3) is 3.66. The smallest absolute Gasteiger partial charge is 0.255 e. The number of benzene rings is 3. The zero-order valence-corrected chi connectivity index (χ0v) is 14.8. The fourth-order valence-electron chi connectivity index (χ4n) is 2.76. The molecule has 3 aromatic carbocycles. The van der Waals surface area contributed by atoms with E-state index in [1.807, 2.05) is 36.4 Å². The lowest BCUT2D eigenvalue weighted by molar-refractivity contribution is 0.102. The van der Waals surface area contributed by atoms with Gasteiger partial charge in [-0.25, -0.2) is 9.07 Å². The van der Waals surface area contributed by atoms with E-state index in [0.29, 0.717) is 17.1 Å². The van der Waals surface area contributed by atoms with Gasteiger partial charge < -0.3 is 5.32 Å². The second-order valence-corrected chi connectivity index (χ2v) is 6.45. The van der Waals surface area contributed by atoms with Crippen LogP contribution in [-0.2, 0) is 6.54 Å². The number of hydrogen-bond donors (Lipinski definition) is 1. The van der Waals surface area contributed by atoms with Gasteiger partial charge in [-0.2, -0.15) is 0 Å². The molecule has 0 atom stereocenters. The van der Waals surface area contributed by atoms with Crippen molar-refractivity contribution < 1.29 is 9.18 Å². The molecule has 4 aromatic rings. The predicted molar refractivity (Wildman–Crippen MR) is 102 cm³/mol. The first-order valence-electron chi connectivity index (χ1n) is 8.24. The van der Waals surface area contributed by atoms with E-state index >= 15 is 0 Å². The minimum atomic E-state index is -0.539. The van der Waals surface area contributed by atoms with Crippen molar-refractivity contribution in [2.45, 2.75) is 6.54 Å². The Hall–Kier alpha value is -3.25. The molecule has 1 aromatic heterocycles. The van der Waals surface area contributed by atoms with Crippen molar-refractivity contribution in [2.75, 3.05) is 5.32 Å². The molecule has 1 heterocycles. The molecule has 7 heteroatoms. The minimum Gasteiger partial charge on any atom is -0.319 e. The van der Waals surface area contributed by atoms with Crippen LogP contribution in [0.5, 0.6) is 0 Å². The van der Waals surface area contributed by atoms with Gasteiger partial charge in [0.15, 0.2) is 0 Å². The van der Waals surface area contributed by atoms with Gasteiger partial charge in [-0.15, -0.1) is 5.10 Å². The standard InChI is InChI=1S/C20H14ClFN4O/c21-15-9-10-16(22)18(11-15)23-20(27)14-7-5-13(6-8-14)12-26-19-4-2-1-3-17(19)24-25-26/h1-11H,12H2,(H,23,27).